The molecule has 0 aliphatic heterocycles. The molecule has 17 heavy (non-hydrogen) atoms. The summed E-state index contributed by atoms with van der Waals surface area (Å²) in [6, 6.07) is -0.916. The Hall–Kier alpha value is -1.99. The minimum absolute atomic E-state index is 0.0314. The van der Waals surface area contributed by atoms with Gasteiger partial charge in [-0.2, -0.15) is 0 Å². The summed E-state index contributed by atoms with van der Waals surface area (Å²) in [5.41, 5.74) is -0.132. The molecule has 8 heteroatoms. The maximum absolute atomic E-state index is 10.8. The van der Waals surface area contributed by atoms with Crippen molar-refractivity contribution in [1.82, 2.24) is 5.16 Å². The summed E-state index contributed by atoms with van der Waals surface area (Å²) in [7, 11) is 0. The minimum Gasteiger partial charge on any atom is -0.353 e. The average Bonchev–Trinajstić information content (AvgIpc) is 2.60. The highest BCUT2D eigenvalue weighted by molar-refractivity contribution is 5.39. The second kappa shape index (κ2) is 4.89. The lowest BCUT2D eigenvalue weighted by Crippen LogP contribution is -2.25. The fraction of sp³-hybridized carbons (Fsp3) is 0.667. The number of rotatable bonds is 5. The van der Waals surface area contributed by atoms with Crippen LogP contribution in [0.4, 0.5) is 5.69 Å². The van der Waals surface area contributed by atoms with Crippen LogP contribution < -0.4 is 0 Å². The van der Waals surface area contributed by atoms with Crippen LogP contribution in [0.1, 0.15) is 37.6 Å². The molecule has 0 bridgehead atoms. The summed E-state index contributed by atoms with van der Waals surface area (Å²) in [6.07, 6.45) is 0.269. The van der Waals surface area contributed by atoms with Gasteiger partial charge in [-0.05, 0) is 13.8 Å². The first-order valence-electron chi connectivity index (χ1n) is 5.14. The van der Waals surface area contributed by atoms with E-state index in [2.05, 4.69) is 5.16 Å². The van der Waals surface area contributed by atoms with E-state index < -0.39 is 21.8 Å². The number of nitro groups is 2. The highest BCUT2D eigenvalue weighted by Crippen LogP contribution is 2.33. The zero-order valence-electron chi connectivity index (χ0n) is 9.74. The molecule has 0 aliphatic carbocycles. The Bertz CT molecular complexity index is 442. The molecule has 2 atom stereocenters. The number of nitrogens with zero attached hydrogens (tertiary/aromatic N) is 3. The topological polar surface area (TPSA) is 112 Å². The highest BCUT2D eigenvalue weighted by Gasteiger charge is 2.37. The Morgan fingerprint density at radius 3 is 2.41 bits per heavy atom. The molecular formula is C9H13N3O5. The molecule has 0 saturated carbocycles. The largest absolute Gasteiger partial charge is 0.353 e. The fourth-order valence-electron chi connectivity index (χ4n) is 1.76. The van der Waals surface area contributed by atoms with Crippen LogP contribution in [0.2, 0.25) is 0 Å². The van der Waals surface area contributed by atoms with Crippen molar-refractivity contribution in [2.75, 3.05) is 0 Å². The Morgan fingerprint density at radius 1 is 1.41 bits per heavy atom. The molecule has 8 nitrogen and oxygen atoms in total. The first-order valence-corrected chi connectivity index (χ1v) is 5.14. The van der Waals surface area contributed by atoms with E-state index in [1.165, 1.54) is 13.8 Å². The number of hydrogen-bond acceptors (Lipinski definition) is 6. The highest BCUT2D eigenvalue weighted by atomic mass is 16.6. The zero-order chi connectivity index (χ0) is 13.2. The molecule has 0 spiro atoms. The van der Waals surface area contributed by atoms with E-state index >= 15 is 0 Å². The van der Waals surface area contributed by atoms with Gasteiger partial charge in [0.2, 0.25) is 11.8 Å². The van der Waals surface area contributed by atoms with Gasteiger partial charge in [0.1, 0.15) is 0 Å². The lowest BCUT2D eigenvalue weighted by Gasteiger charge is -2.11. The second-order valence-corrected chi connectivity index (χ2v) is 3.79. The van der Waals surface area contributed by atoms with Crippen molar-refractivity contribution < 1.29 is 14.4 Å². The van der Waals surface area contributed by atoms with Crippen LogP contribution in [0.25, 0.3) is 0 Å². The van der Waals surface area contributed by atoms with Crippen LogP contribution in [0.15, 0.2) is 4.52 Å². The van der Waals surface area contributed by atoms with Gasteiger partial charge in [0, 0.05) is 11.3 Å². The Balaban J connectivity index is 3.16. The molecule has 0 aromatic carbocycles. The number of aromatic nitrogens is 1. The Morgan fingerprint density at radius 2 is 2.00 bits per heavy atom. The maximum Gasteiger partial charge on any atom is 0.334 e. The molecule has 94 valence electrons. The zero-order valence-corrected chi connectivity index (χ0v) is 9.74. The maximum atomic E-state index is 10.8. The van der Waals surface area contributed by atoms with E-state index in [-0.39, 0.29) is 23.6 Å². The van der Waals surface area contributed by atoms with Gasteiger partial charge in [0.05, 0.1) is 10.8 Å². The molecule has 1 rings (SSSR count). The molecule has 0 amide bonds. The third-order valence-electron chi connectivity index (χ3n) is 2.72. The van der Waals surface area contributed by atoms with Crippen LogP contribution in [-0.4, -0.2) is 21.0 Å². The van der Waals surface area contributed by atoms with Crippen molar-refractivity contribution >= 4 is 5.69 Å². The molecule has 1 aromatic rings. The fourth-order valence-corrected chi connectivity index (χ4v) is 1.76. The van der Waals surface area contributed by atoms with Gasteiger partial charge in [-0.25, -0.2) is 0 Å². The molecule has 2 unspecified atom stereocenters. The predicted octanol–water partition coefficient (Wildman–Crippen LogP) is 2.05. The number of aryl methyl sites for hydroxylation is 1. The summed E-state index contributed by atoms with van der Waals surface area (Å²) in [5.74, 6) is -0.715. The Kier molecular flexibility index (Phi) is 3.77. The summed E-state index contributed by atoms with van der Waals surface area (Å²) in [6.45, 7) is 4.62. The van der Waals surface area contributed by atoms with Crippen molar-refractivity contribution in [3.8, 4) is 0 Å². The third-order valence-corrected chi connectivity index (χ3v) is 2.72. The van der Waals surface area contributed by atoms with Gasteiger partial charge in [0.15, 0.2) is 5.69 Å². The predicted molar refractivity (Wildman–Crippen MR) is 57.4 cm³/mol. The minimum atomic E-state index is -0.916. The summed E-state index contributed by atoms with van der Waals surface area (Å²) >= 11 is 0. The van der Waals surface area contributed by atoms with Crippen LogP contribution in [-0.2, 0) is 0 Å². The van der Waals surface area contributed by atoms with Crippen LogP contribution >= 0.6 is 0 Å². The molecule has 1 aromatic heterocycles. The monoisotopic (exact) mass is 243 g/mol. The standard InChI is InChI=1S/C9H13N3O5/c1-4-7(11(13)14)5(2)9-8(12(15)16)6(3)10-17-9/h5,7H,4H2,1-3H3. The van der Waals surface area contributed by atoms with E-state index in [0.717, 1.165) is 0 Å². The van der Waals surface area contributed by atoms with Crippen molar-refractivity contribution in [2.45, 2.75) is 39.2 Å². The van der Waals surface area contributed by atoms with Gasteiger partial charge in [-0.3, -0.25) is 20.2 Å². The molecule has 1 heterocycles. The van der Waals surface area contributed by atoms with Gasteiger partial charge in [-0.1, -0.05) is 12.1 Å². The molecule has 0 saturated heterocycles. The number of hydrogen-bond donors (Lipinski definition) is 0. The van der Waals surface area contributed by atoms with E-state index in [9.17, 15) is 20.2 Å². The summed E-state index contributed by atoms with van der Waals surface area (Å²) in [4.78, 5) is 20.6. The Labute approximate surface area is 96.9 Å². The molecule has 0 aliphatic rings. The van der Waals surface area contributed by atoms with Crippen molar-refractivity contribution in [1.29, 1.82) is 0 Å². The molecule has 0 radical (unpaired) electrons. The van der Waals surface area contributed by atoms with Crippen LogP contribution in [0, 0.1) is 27.2 Å². The molecular weight excluding hydrogens is 230 g/mol. The van der Waals surface area contributed by atoms with Gasteiger partial charge >= 0.3 is 5.69 Å². The lowest BCUT2D eigenvalue weighted by molar-refractivity contribution is -0.527. The van der Waals surface area contributed by atoms with Crippen molar-refractivity contribution in [3.63, 3.8) is 0 Å². The normalized spacial score (nSPS) is 14.3. The first kappa shape index (κ1) is 13.1. The molecule has 0 fully saturated rings. The van der Waals surface area contributed by atoms with Gasteiger partial charge in [0.25, 0.3) is 0 Å². The summed E-state index contributed by atoms with van der Waals surface area (Å²) in [5, 5.41) is 25.1. The van der Waals surface area contributed by atoms with Crippen molar-refractivity contribution in [2.24, 2.45) is 0 Å². The van der Waals surface area contributed by atoms with Gasteiger partial charge < -0.3 is 4.52 Å². The SMILES string of the molecule is CCC(C(C)c1onc(C)c1[N+](=O)[O-])[N+](=O)[O-]. The van der Waals surface area contributed by atoms with Crippen molar-refractivity contribution in [3.05, 3.63) is 31.7 Å². The van der Waals surface area contributed by atoms with E-state index in [4.69, 9.17) is 4.52 Å². The lowest BCUT2D eigenvalue weighted by atomic mass is 9.96. The second-order valence-electron chi connectivity index (χ2n) is 3.79. The molecule has 0 N–H and O–H groups in total. The quantitative estimate of drug-likeness (QED) is 0.577. The van der Waals surface area contributed by atoms with Crippen LogP contribution in [0.5, 0.6) is 0 Å². The van der Waals surface area contributed by atoms with Gasteiger partial charge in [-0.15, -0.1) is 0 Å². The van der Waals surface area contributed by atoms with E-state index in [1.54, 1.807) is 6.92 Å². The summed E-state index contributed by atoms with van der Waals surface area (Å²) < 4.78 is 4.86. The van der Waals surface area contributed by atoms with E-state index in [1.807, 2.05) is 0 Å². The first-order chi connectivity index (χ1) is 7.90. The average molecular weight is 243 g/mol. The van der Waals surface area contributed by atoms with Crippen LogP contribution in [0.3, 0.4) is 0 Å². The van der Waals surface area contributed by atoms with E-state index in [0.29, 0.717) is 0 Å². The smallest absolute Gasteiger partial charge is 0.334 e. The third kappa shape index (κ3) is 2.40.